The number of aromatic amines is 1. The molecule has 0 saturated heterocycles. The molecule has 0 aliphatic carbocycles. The number of aryl methyl sites for hydroxylation is 1. The molecule has 2 rings (SSSR count). The van der Waals surface area contributed by atoms with E-state index in [-0.39, 0.29) is 5.56 Å². The summed E-state index contributed by atoms with van der Waals surface area (Å²) in [5.41, 5.74) is 2.48. The smallest absolute Gasteiger partial charge is 0.251 e. The molecular weight excluding hydrogens is 260 g/mol. The number of aromatic nitrogens is 4. The minimum atomic E-state index is -0.107. The summed E-state index contributed by atoms with van der Waals surface area (Å²) in [6.07, 6.45) is 4.47. The summed E-state index contributed by atoms with van der Waals surface area (Å²) in [6, 6.07) is 1.56. The SMILES string of the molecule is CCCc1cc(=O)[nH]c(/C(=C/c2csnn2)CC)n1. The third kappa shape index (κ3) is 3.57. The van der Waals surface area contributed by atoms with E-state index in [1.807, 2.05) is 18.4 Å². The van der Waals surface area contributed by atoms with Crippen LogP contribution in [0, 0.1) is 0 Å². The van der Waals surface area contributed by atoms with E-state index in [1.165, 1.54) is 11.5 Å². The summed E-state index contributed by atoms with van der Waals surface area (Å²) in [5.74, 6) is 0.631. The monoisotopic (exact) mass is 276 g/mol. The van der Waals surface area contributed by atoms with Crippen molar-refractivity contribution in [1.82, 2.24) is 19.6 Å². The highest BCUT2D eigenvalue weighted by Gasteiger charge is 2.06. The van der Waals surface area contributed by atoms with Gasteiger partial charge in [0.1, 0.15) is 5.82 Å². The maximum Gasteiger partial charge on any atom is 0.251 e. The van der Waals surface area contributed by atoms with Crippen LogP contribution in [-0.4, -0.2) is 19.6 Å². The number of hydrogen-bond donors (Lipinski definition) is 1. The van der Waals surface area contributed by atoms with Gasteiger partial charge in [0.05, 0.1) is 5.69 Å². The molecule has 0 aromatic carbocycles. The second kappa shape index (κ2) is 6.38. The zero-order chi connectivity index (χ0) is 13.7. The van der Waals surface area contributed by atoms with Gasteiger partial charge in [0.2, 0.25) is 0 Å². The lowest BCUT2D eigenvalue weighted by Gasteiger charge is -2.05. The molecule has 0 saturated carbocycles. The third-order valence-corrected chi connectivity index (χ3v) is 3.21. The van der Waals surface area contributed by atoms with E-state index in [4.69, 9.17) is 0 Å². The summed E-state index contributed by atoms with van der Waals surface area (Å²) in [7, 11) is 0. The van der Waals surface area contributed by atoms with Gasteiger partial charge in [-0.1, -0.05) is 24.8 Å². The van der Waals surface area contributed by atoms with Crippen molar-refractivity contribution in [2.24, 2.45) is 0 Å². The summed E-state index contributed by atoms with van der Waals surface area (Å²) in [6.45, 7) is 4.10. The quantitative estimate of drug-likeness (QED) is 0.911. The number of hydrogen-bond acceptors (Lipinski definition) is 5. The molecule has 6 heteroatoms. The van der Waals surface area contributed by atoms with Gasteiger partial charge in [-0.25, -0.2) is 4.98 Å². The second-order valence-corrected chi connectivity index (χ2v) is 4.80. The summed E-state index contributed by atoms with van der Waals surface area (Å²) in [5, 5.41) is 5.85. The molecule has 100 valence electrons. The van der Waals surface area contributed by atoms with Crippen molar-refractivity contribution < 1.29 is 0 Å². The van der Waals surface area contributed by atoms with Gasteiger partial charge in [0.25, 0.3) is 5.56 Å². The first kappa shape index (κ1) is 13.6. The lowest BCUT2D eigenvalue weighted by Crippen LogP contribution is -2.12. The van der Waals surface area contributed by atoms with Crippen LogP contribution in [0.4, 0.5) is 0 Å². The molecule has 5 nitrogen and oxygen atoms in total. The van der Waals surface area contributed by atoms with E-state index in [1.54, 1.807) is 6.07 Å². The van der Waals surface area contributed by atoms with Crippen LogP contribution in [-0.2, 0) is 6.42 Å². The van der Waals surface area contributed by atoms with Crippen molar-refractivity contribution in [3.05, 3.63) is 39.0 Å². The van der Waals surface area contributed by atoms with Crippen molar-refractivity contribution in [1.29, 1.82) is 0 Å². The Bertz CT molecular complexity index is 616. The Balaban J connectivity index is 2.40. The predicted octanol–water partition coefficient (Wildman–Crippen LogP) is 2.52. The molecule has 0 bridgehead atoms. The lowest BCUT2D eigenvalue weighted by atomic mass is 10.1. The Morgan fingerprint density at radius 2 is 2.32 bits per heavy atom. The first-order valence-corrected chi connectivity index (χ1v) is 7.14. The van der Waals surface area contributed by atoms with E-state index in [0.717, 1.165) is 36.2 Å². The Labute approximate surface area is 115 Å². The number of H-pyrrole nitrogens is 1. The van der Waals surface area contributed by atoms with Gasteiger partial charge in [-0.15, -0.1) is 5.10 Å². The molecule has 1 N–H and O–H groups in total. The molecule has 0 spiro atoms. The Kier molecular flexibility index (Phi) is 4.57. The summed E-state index contributed by atoms with van der Waals surface area (Å²) < 4.78 is 3.82. The van der Waals surface area contributed by atoms with Gasteiger partial charge in [-0.2, -0.15) is 0 Å². The van der Waals surface area contributed by atoms with E-state index >= 15 is 0 Å². The van der Waals surface area contributed by atoms with Gasteiger partial charge in [0.15, 0.2) is 0 Å². The van der Waals surface area contributed by atoms with Crippen molar-refractivity contribution in [2.75, 3.05) is 0 Å². The maximum atomic E-state index is 11.7. The minimum absolute atomic E-state index is 0.107. The highest BCUT2D eigenvalue weighted by molar-refractivity contribution is 7.03. The van der Waals surface area contributed by atoms with E-state index < -0.39 is 0 Å². The number of allylic oxidation sites excluding steroid dienone is 1. The molecule has 0 unspecified atom stereocenters. The summed E-state index contributed by atoms with van der Waals surface area (Å²) in [4.78, 5) is 19.0. The fraction of sp³-hybridized carbons (Fsp3) is 0.385. The van der Waals surface area contributed by atoms with Crippen LogP contribution < -0.4 is 5.56 Å². The number of nitrogens with zero attached hydrogens (tertiary/aromatic N) is 3. The van der Waals surface area contributed by atoms with Gasteiger partial charge in [0, 0.05) is 17.1 Å². The molecule has 2 aromatic rings. The second-order valence-electron chi connectivity index (χ2n) is 4.19. The van der Waals surface area contributed by atoms with E-state index in [0.29, 0.717) is 5.82 Å². The first-order chi connectivity index (χ1) is 9.22. The molecule has 0 aliphatic heterocycles. The topological polar surface area (TPSA) is 71.5 Å². The normalized spacial score (nSPS) is 11.8. The Morgan fingerprint density at radius 1 is 1.47 bits per heavy atom. The van der Waals surface area contributed by atoms with E-state index in [2.05, 4.69) is 26.5 Å². The van der Waals surface area contributed by atoms with Gasteiger partial charge in [-0.05, 0) is 36.0 Å². The van der Waals surface area contributed by atoms with Crippen LogP contribution in [0.3, 0.4) is 0 Å². The molecule has 0 amide bonds. The van der Waals surface area contributed by atoms with Crippen molar-refractivity contribution in [3.8, 4) is 0 Å². The molecule has 19 heavy (non-hydrogen) atoms. The fourth-order valence-corrected chi connectivity index (χ4v) is 2.21. The summed E-state index contributed by atoms with van der Waals surface area (Å²) >= 11 is 1.30. The van der Waals surface area contributed by atoms with Crippen LogP contribution in [0.2, 0.25) is 0 Å². The zero-order valence-corrected chi connectivity index (χ0v) is 11.8. The van der Waals surface area contributed by atoms with Crippen LogP contribution in [0.1, 0.15) is 43.9 Å². The van der Waals surface area contributed by atoms with Crippen LogP contribution in [0.25, 0.3) is 11.6 Å². The highest BCUT2D eigenvalue weighted by Crippen LogP contribution is 2.17. The molecule has 0 aliphatic rings. The third-order valence-electron chi connectivity index (χ3n) is 2.68. The average Bonchev–Trinajstić information content (AvgIpc) is 2.88. The number of nitrogens with one attached hydrogen (secondary N) is 1. The molecule has 0 radical (unpaired) electrons. The van der Waals surface area contributed by atoms with Crippen molar-refractivity contribution in [3.63, 3.8) is 0 Å². The molecule has 2 aromatic heterocycles. The molecule has 0 atom stereocenters. The van der Waals surface area contributed by atoms with Crippen molar-refractivity contribution in [2.45, 2.75) is 33.1 Å². The average molecular weight is 276 g/mol. The zero-order valence-electron chi connectivity index (χ0n) is 11.0. The fourth-order valence-electron chi connectivity index (χ4n) is 1.80. The molecule has 2 heterocycles. The Morgan fingerprint density at radius 3 is 2.95 bits per heavy atom. The Hall–Kier alpha value is -1.82. The standard InChI is InChI=1S/C13H16N4OS/c1-3-5-10-7-12(18)15-13(14-10)9(4-2)6-11-8-19-17-16-11/h6-8H,3-5H2,1-2H3,(H,14,15,18)/b9-6+. The molecular formula is C13H16N4OS. The van der Waals surface area contributed by atoms with E-state index in [9.17, 15) is 4.79 Å². The van der Waals surface area contributed by atoms with Gasteiger partial charge >= 0.3 is 0 Å². The number of rotatable bonds is 5. The van der Waals surface area contributed by atoms with Gasteiger partial charge in [-0.3, -0.25) is 4.79 Å². The van der Waals surface area contributed by atoms with Crippen LogP contribution in [0.15, 0.2) is 16.2 Å². The van der Waals surface area contributed by atoms with Crippen molar-refractivity contribution >= 4 is 23.2 Å². The van der Waals surface area contributed by atoms with Crippen LogP contribution >= 0.6 is 11.5 Å². The highest BCUT2D eigenvalue weighted by atomic mass is 32.1. The predicted molar refractivity (Wildman–Crippen MR) is 76.9 cm³/mol. The first-order valence-electron chi connectivity index (χ1n) is 6.31. The maximum absolute atomic E-state index is 11.7. The molecule has 0 fully saturated rings. The van der Waals surface area contributed by atoms with Crippen LogP contribution in [0.5, 0.6) is 0 Å². The minimum Gasteiger partial charge on any atom is -0.307 e. The van der Waals surface area contributed by atoms with Gasteiger partial charge < -0.3 is 4.98 Å². The largest absolute Gasteiger partial charge is 0.307 e. The lowest BCUT2D eigenvalue weighted by molar-refractivity contribution is 0.857.